The van der Waals surface area contributed by atoms with Gasteiger partial charge in [-0.15, -0.1) is 13.2 Å². The van der Waals surface area contributed by atoms with Crippen molar-refractivity contribution in [3.63, 3.8) is 0 Å². The van der Waals surface area contributed by atoms with Crippen LogP contribution >= 0.6 is 0 Å². The van der Waals surface area contributed by atoms with Gasteiger partial charge in [0, 0.05) is 6.54 Å². The van der Waals surface area contributed by atoms with Crippen molar-refractivity contribution >= 4 is 11.0 Å². The summed E-state index contributed by atoms with van der Waals surface area (Å²) in [6, 6.07) is 8.05. The third kappa shape index (κ3) is 2.36. The third-order valence-electron chi connectivity index (χ3n) is 3.10. The summed E-state index contributed by atoms with van der Waals surface area (Å²) in [4.78, 5) is 8.03. The van der Waals surface area contributed by atoms with Gasteiger partial charge in [0.15, 0.2) is 0 Å². The molecule has 1 heterocycles. The minimum absolute atomic E-state index is 0.241. The maximum Gasteiger partial charge on any atom is 0.127 e. The van der Waals surface area contributed by atoms with Gasteiger partial charge in [-0.1, -0.05) is 24.3 Å². The van der Waals surface area contributed by atoms with E-state index in [1.807, 2.05) is 36.4 Å². The number of aromatic nitrogens is 2. The molecule has 0 amide bonds. The summed E-state index contributed by atoms with van der Waals surface area (Å²) in [5.41, 5.74) is 1.81. The molecule has 2 N–H and O–H groups in total. The van der Waals surface area contributed by atoms with Gasteiger partial charge in [-0.25, -0.2) is 4.98 Å². The average molecular weight is 241 g/mol. The van der Waals surface area contributed by atoms with Gasteiger partial charge in [0.05, 0.1) is 16.6 Å². The van der Waals surface area contributed by atoms with E-state index in [2.05, 4.69) is 35.4 Å². The number of aromatic amines is 1. The van der Waals surface area contributed by atoms with Gasteiger partial charge >= 0.3 is 0 Å². The Labute approximate surface area is 108 Å². The Morgan fingerprint density at radius 1 is 1.33 bits per heavy atom. The van der Waals surface area contributed by atoms with E-state index < -0.39 is 0 Å². The predicted molar refractivity (Wildman–Crippen MR) is 76.5 cm³/mol. The van der Waals surface area contributed by atoms with Crippen molar-refractivity contribution in [2.24, 2.45) is 0 Å². The molecule has 0 unspecified atom stereocenters. The first-order chi connectivity index (χ1) is 8.69. The van der Waals surface area contributed by atoms with Gasteiger partial charge in [-0.05, 0) is 25.5 Å². The standard InChI is InChI=1S/C15H19N3/c1-4-10-15(3,16-11-5-2)14-17-12-8-6-7-9-13(12)18-14/h4-9,16H,1-2,10-11H2,3H3,(H,17,18)/t15-/m0/s1. The fourth-order valence-electron chi connectivity index (χ4n) is 2.05. The van der Waals surface area contributed by atoms with Crippen LogP contribution in [0.15, 0.2) is 49.6 Å². The highest BCUT2D eigenvalue weighted by atomic mass is 15.1. The minimum atomic E-state index is -0.241. The summed E-state index contributed by atoms with van der Waals surface area (Å²) >= 11 is 0. The molecule has 2 rings (SSSR count). The van der Waals surface area contributed by atoms with Gasteiger partial charge in [0.1, 0.15) is 5.82 Å². The highest BCUT2D eigenvalue weighted by Gasteiger charge is 2.27. The zero-order valence-corrected chi connectivity index (χ0v) is 10.7. The summed E-state index contributed by atoms with van der Waals surface area (Å²) < 4.78 is 0. The number of rotatable bonds is 6. The van der Waals surface area contributed by atoms with Crippen molar-refractivity contribution in [1.82, 2.24) is 15.3 Å². The Morgan fingerprint density at radius 2 is 2.11 bits per heavy atom. The Morgan fingerprint density at radius 3 is 2.78 bits per heavy atom. The van der Waals surface area contributed by atoms with E-state index in [9.17, 15) is 0 Å². The van der Waals surface area contributed by atoms with Crippen LogP contribution in [0.3, 0.4) is 0 Å². The summed E-state index contributed by atoms with van der Waals surface area (Å²) in [7, 11) is 0. The highest BCUT2D eigenvalue weighted by Crippen LogP contribution is 2.24. The van der Waals surface area contributed by atoms with Gasteiger partial charge in [0.2, 0.25) is 0 Å². The largest absolute Gasteiger partial charge is 0.340 e. The summed E-state index contributed by atoms with van der Waals surface area (Å²) in [6.45, 7) is 10.4. The van der Waals surface area contributed by atoms with E-state index in [0.29, 0.717) is 0 Å². The number of benzene rings is 1. The van der Waals surface area contributed by atoms with Gasteiger partial charge in [-0.2, -0.15) is 0 Å². The number of hydrogen-bond donors (Lipinski definition) is 2. The molecular weight excluding hydrogens is 222 g/mol. The van der Waals surface area contributed by atoms with E-state index in [1.165, 1.54) is 0 Å². The third-order valence-corrected chi connectivity index (χ3v) is 3.10. The molecule has 1 aromatic carbocycles. The first kappa shape index (κ1) is 12.6. The molecule has 18 heavy (non-hydrogen) atoms. The lowest BCUT2D eigenvalue weighted by atomic mass is 9.97. The van der Waals surface area contributed by atoms with Crippen LogP contribution in [-0.2, 0) is 5.54 Å². The summed E-state index contributed by atoms with van der Waals surface area (Å²) in [5, 5.41) is 3.44. The van der Waals surface area contributed by atoms with Gasteiger partial charge < -0.3 is 10.3 Å². The maximum atomic E-state index is 4.66. The average Bonchev–Trinajstić information content (AvgIpc) is 2.81. The van der Waals surface area contributed by atoms with E-state index in [1.54, 1.807) is 0 Å². The SMILES string of the molecule is C=CCN[C@@](C)(CC=C)c1nc2ccccc2[nH]1. The second kappa shape index (κ2) is 5.19. The molecule has 0 saturated carbocycles. The first-order valence-electron chi connectivity index (χ1n) is 6.11. The number of fused-ring (bicyclic) bond motifs is 1. The van der Waals surface area contributed by atoms with Crippen LogP contribution < -0.4 is 5.32 Å². The molecular formula is C15H19N3. The lowest BCUT2D eigenvalue weighted by Gasteiger charge is -2.27. The van der Waals surface area contributed by atoms with Crippen LogP contribution in [0.25, 0.3) is 11.0 Å². The normalized spacial score (nSPS) is 14.3. The number of imidazole rings is 1. The monoisotopic (exact) mass is 241 g/mol. The zero-order valence-electron chi connectivity index (χ0n) is 10.7. The van der Waals surface area contributed by atoms with Crippen LogP contribution in [0.2, 0.25) is 0 Å². The van der Waals surface area contributed by atoms with Crippen molar-refractivity contribution in [3.8, 4) is 0 Å². The fourth-order valence-corrected chi connectivity index (χ4v) is 2.05. The summed E-state index contributed by atoms with van der Waals surface area (Å²) in [5.74, 6) is 0.936. The molecule has 0 spiro atoms. The molecule has 0 bridgehead atoms. The van der Waals surface area contributed by atoms with Crippen molar-refractivity contribution in [2.45, 2.75) is 18.9 Å². The van der Waals surface area contributed by atoms with Crippen molar-refractivity contribution in [2.75, 3.05) is 6.54 Å². The van der Waals surface area contributed by atoms with Crippen LogP contribution in [-0.4, -0.2) is 16.5 Å². The van der Waals surface area contributed by atoms with E-state index in [0.717, 1.165) is 29.8 Å². The number of nitrogens with zero attached hydrogens (tertiary/aromatic N) is 1. The minimum Gasteiger partial charge on any atom is -0.340 e. The molecule has 0 aliphatic heterocycles. The molecule has 0 saturated heterocycles. The van der Waals surface area contributed by atoms with Crippen molar-refractivity contribution in [1.29, 1.82) is 0 Å². The van der Waals surface area contributed by atoms with Crippen LogP contribution in [0, 0.1) is 0 Å². The second-order valence-corrected chi connectivity index (χ2v) is 4.60. The Balaban J connectivity index is 2.40. The number of para-hydroxylation sites is 2. The first-order valence-corrected chi connectivity index (χ1v) is 6.11. The number of hydrogen-bond acceptors (Lipinski definition) is 2. The van der Waals surface area contributed by atoms with Crippen molar-refractivity contribution in [3.05, 3.63) is 55.4 Å². The Bertz CT molecular complexity index is 523. The fraction of sp³-hybridized carbons (Fsp3) is 0.267. The van der Waals surface area contributed by atoms with Crippen LogP contribution in [0.5, 0.6) is 0 Å². The quantitative estimate of drug-likeness (QED) is 0.763. The van der Waals surface area contributed by atoms with Crippen LogP contribution in [0.4, 0.5) is 0 Å². The molecule has 0 aliphatic rings. The molecule has 0 aliphatic carbocycles. The molecule has 94 valence electrons. The zero-order chi connectivity index (χ0) is 13.0. The van der Waals surface area contributed by atoms with Crippen LogP contribution in [0.1, 0.15) is 19.2 Å². The smallest absolute Gasteiger partial charge is 0.127 e. The molecule has 1 aromatic heterocycles. The van der Waals surface area contributed by atoms with Crippen molar-refractivity contribution < 1.29 is 0 Å². The lowest BCUT2D eigenvalue weighted by Crippen LogP contribution is -2.40. The molecule has 3 nitrogen and oxygen atoms in total. The van der Waals surface area contributed by atoms with Gasteiger partial charge in [0.25, 0.3) is 0 Å². The molecule has 0 fully saturated rings. The van der Waals surface area contributed by atoms with E-state index in [4.69, 9.17) is 0 Å². The Kier molecular flexibility index (Phi) is 3.63. The number of H-pyrrole nitrogens is 1. The maximum absolute atomic E-state index is 4.66. The van der Waals surface area contributed by atoms with E-state index in [-0.39, 0.29) is 5.54 Å². The number of nitrogens with one attached hydrogen (secondary N) is 2. The lowest BCUT2D eigenvalue weighted by molar-refractivity contribution is 0.369. The topological polar surface area (TPSA) is 40.7 Å². The highest BCUT2D eigenvalue weighted by molar-refractivity contribution is 5.74. The Hall–Kier alpha value is -1.87. The summed E-state index contributed by atoms with van der Waals surface area (Å²) in [6.07, 6.45) is 4.56. The second-order valence-electron chi connectivity index (χ2n) is 4.60. The molecule has 1 atom stereocenters. The molecule has 3 heteroatoms. The van der Waals surface area contributed by atoms with E-state index >= 15 is 0 Å². The molecule has 2 aromatic rings. The van der Waals surface area contributed by atoms with Gasteiger partial charge in [-0.3, -0.25) is 0 Å². The predicted octanol–water partition coefficient (Wildman–Crippen LogP) is 3.13. The molecule has 0 radical (unpaired) electrons.